The molecule has 1 aliphatic rings. The predicted molar refractivity (Wildman–Crippen MR) is 68.6 cm³/mol. The van der Waals surface area contributed by atoms with Gasteiger partial charge >= 0.3 is 0 Å². The Labute approximate surface area is 107 Å². The number of aryl methyl sites for hydroxylation is 1. The van der Waals surface area contributed by atoms with Crippen molar-refractivity contribution in [2.45, 2.75) is 39.7 Å². The molecule has 0 aliphatic heterocycles. The molecular formula is C14H17ClO2. The quantitative estimate of drug-likeness (QED) is 0.818. The molecule has 2 unspecified atom stereocenters. The topological polar surface area (TPSA) is 26.3 Å². The van der Waals surface area contributed by atoms with Crippen molar-refractivity contribution in [2.75, 3.05) is 0 Å². The van der Waals surface area contributed by atoms with Gasteiger partial charge in [-0.3, -0.25) is 4.79 Å². The molecule has 0 heterocycles. The molecule has 1 saturated carbocycles. The van der Waals surface area contributed by atoms with Crippen LogP contribution in [0, 0.1) is 12.3 Å². The maximum absolute atomic E-state index is 11.6. The highest BCUT2D eigenvalue weighted by Gasteiger charge is 2.51. The van der Waals surface area contributed by atoms with E-state index in [1.165, 1.54) is 0 Å². The SMILES string of the molecule is CCC1(C)C(=O)CC1Oc1cc(Cl)ccc1C. The maximum Gasteiger partial charge on any atom is 0.146 e. The van der Waals surface area contributed by atoms with Crippen LogP contribution in [0.15, 0.2) is 18.2 Å². The summed E-state index contributed by atoms with van der Waals surface area (Å²) in [4.78, 5) is 11.6. The number of carbonyl (C=O) groups is 1. The van der Waals surface area contributed by atoms with Gasteiger partial charge in [0.15, 0.2) is 0 Å². The molecule has 1 aliphatic carbocycles. The van der Waals surface area contributed by atoms with Gasteiger partial charge in [0.25, 0.3) is 0 Å². The van der Waals surface area contributed by atoms with Crippen LogP contribution >= 0.6 is 11.6 Å². The lowest BCUT2D eigenvalue weighted by molar-refractivity contribution is -0.150. The van der Waals surface area contributed by atoms with Gasteiger partial charge in [0.2, 0.25) is 0 Å². The third-order valence-electron chi connectivity index (χ3n) is 3.87. The van der Waals surface area contributed by atoms with E-state index >= 15 is 0 Å². The number of ether oxygens (including phenoxy) is 1. The smallest absolute Gasteiger partial charge is 0.146 e. The molecule has 1 aromatic carbocycles. The van der Waals surface area contributed by atoms with Crippen LogP contribution in [0.2, 0.25) is 5.02 Å². The molecule has 17 heavy (non-hydrogen) atoms. The second kappa shape index (κ2) is 4.34. The fourth-order valence-corrected chi connectivity index (χ4v) is 2.29. The Kier molecular flexibility index (Phi) is 3.17. The Balaban J connectivity index is 2.17. The van der Waals surface area contributed by atoms with Crippen molar-refractivity contribution in [3.63, 3.8) is 0 Å². The van der Waals surface area contributed by atoms with E-state index in [-0.39, 0.29) is 11.5 Å². The molecule has 3 heteroatoms. The van der Waals surface area contributed by atoms with Crippen LogP contribution in [0.25, 0.3) is 0 Å². The molecule has 0 aromatic heterocycles. The summed E-state index contributed by atoms with van der Waals surface area (Å²) < 4.78 is 5.93. The number of hydrogen-bond acceptors (Lipinski definition) is 2. The van der Waals surface area contributed by atoms with Crippen LogP contribution in [0.4, 0.5) is 0 Å². The minimum atomic E-state index is -0.325. The Morgan fingerprint density at radius 3 is 2.82 bits per heavy atom. The van der Waals surface area contributed by atoms with Crippen molar-refractivity contribution < 1.29 is 9.53 Å². The number of hydrogen-bond donors (Lipinski definition) is 0. The van der Waals surface area contributed by atoms with E-state index in [0.29, 0.717) is 17.2 Å². The first-order chi connectivity index (χ1) is 7.97. The van der Waals surface area contributed by atoms with Crippen molar-refractivity contribution in [2.24, 2.45) is 5.41 Å². The zero-order valence-electron chi connectivity index (χ0n) is 10.4. The van der Waals surface area contributed by atoms with E-state index in [2.05, 4.69) is 0 Å². The normalized spacial score (nSPS) is 27.8. The molecule has 0 N–H and O–H groups in total. The van der Waals surface area contributed by atoms with E-state index < -0.39 is 0 Å². The molecule has 0 amide bonds. The van der Waals surface area contributed by atoms with Gasteiger partial charge in [-0.2, -0.15) is 0 Å². The van der Waals surface area contributed by atoms with E-state index in [1.807, 2.05) is 39.0 Å². The average molecular weight is 253 g/mol. The third-order valence-corrected chi connectivity index (χ3v) is 4.11. The highest BCUT2D eigenvalue weighted by Crippen LogP contribution is 2.43. The largest absolute Gasteiger partial charge is 0.489 e. The monoisotopic (exact) mass is 252 g/mol. The number of carbonyl (C=O) groups excluding carboxylic acids is 1. The van der Waals surface area contributed by atoms with Crippen molar-refractivity contribution in [1.82, 2.24) is 0 Å². The predicted octanol–water partition coefficient (Wildman–Crippen LogP) is 3.78. The van der Waals surface area contributed by atoms with Crippen LogP contribution in [0.3, 0.4) is 0 Å². The Bertz CT molecular complexity index is 456. The maximum atomic E-state index is 11.6. The van der Waals surface area contributed by atoms with Gasteiger partial charge in [0.05, 0.1) is 5.41 Å². The van der Waals surface area contributed by atoms with Crippen LogP contribution < -0.4 is 4.74 Å². The molecular weight excluding hydrogens is 236 g/mol. The number of ketones is 1. The fraction of sp³-hybridized carbons (Fsp3) is 0.500. The van der Waals surface area contributed by atoms with Crippen molar-refractivity contribution in [1.29, 1.82) is 0 Å². The van der Waals surface area contributed by atoms with Crippen molar-refractivity contribution >= 4 is 17.4 Å². The second-order valence-corrected chi connectivity index (χ2v) is 5.35. The number of benzene rings is 1. The van der Waals surface area contributed by atoms with E-state index in [0.717, 1.165) is 17.7 Å². The first-order valence-electron chi connectivity index (χ1n) is 5.93. The lowest BCUT2D eigenvalue weighted by Gasteiger charge is -2.44. The van der Waals surface area contributed by atoms with E-state index in [1.54, 1.807) is 0 Å². The summed E-state index contributed by atoms with van der Waals surface area (Å²) in [6, 6.07) is 5.59. The summed E-state index contributed by atoms with van der Waals surface area (Å²) >= 11 is 5.95. The van der Waals surface area contributed by atoms with Gasteiger partial charge in [-0.05, 0) is 38.0 Å². The summed E-state index contributed by atoms with van der Waals surface area (Å²) in [6.07, 6.45) is 1.31. The lowest BCUT2D eigenvalue weighted by Crippen LogP contribution is -2.54. The third kappa shape index (κ3) is 2.06. The fourth-order valence-electron chi connectivity index (χ4n) is 2.13. The minimum Gasteiger partial charge on any atom is -0.489 e. The first-order valence-corrected chi connectivity index (χ1v) is 6.31. The Morgan fingerprint density at radius 2 is 2.24 bits per heavy atom. The molecule has 92 valence electrons. The van der Waals surface area contributed by atoms with Crippen LogP contribution in [-0.4, -0.2) is 11.9 Å². The molecule has 0 bridgehead atoms. The summed E-state index contributed by atoms with van der Waals surface area (Å²) in [7, 11) is 0. The summed E-state index contributed by atoms with van der Waals surface area (Å²) in [5, 5.41) is 0.662. The molecule has 2 atom stereocenters. The Morgan fingerprint density at radius 1 is 1.53 bits per heavy atom. The number of rotatable bonds is 3. The van der Waals surface area contributed by atoms with Crippen LogP contribution in [0.1, 0.15) is 32.3 Å². The summed E-state index contributed by atoms with van der Waals surface area (Å²) in [6.45, 7) is 5.98. The molecule has 2 rings (SSSR count). The number of halogens is 1. The molecule has 1 aromatic rings. The Hall–Kier alpha value is -1.02. The summed E-state index contributed by atoms with van der Waals surface area (Å²) in [5.74, 6) is 1.08. The second-order valence-electron chi connectivity index (χ2n) is 4.91. The number of Topliss-reactive ketones (excluding diaryl/α,β-unsaturated/α-hetero) is 1. The highest BCUT2D eigenvalue weighted by molar-refractivity contribution is 6.30. The van der Waals surface area contributed by atoms with Crippen LogP contribution in [0.5, 0.6) is 5.75 Å². The molecule has 1 fully saturated rings. The highest BCUT2D eigenvalue weighted by atomic mass is 35.5. The van der Waals surface area contributed by atoms with Crippen molar-refractivity contribution in [3.05, 3.63) is 28.8 Å². The van der Waals surface area contributed by atoms with E-state index in [9.17, 15) is 4.79 Å². The average Bonchev–Trinajstić information content (AvgIpc) is 2.32. The van der Waals surface area contributed by atoms with Gasteiger partial charge in [0.1, 0.15) is 17.6 Å². The van der Waals surface area contributed by atoms with Gasteiger partial charge in [-0.25, -0.2) is 0 Å². The summed E-state index contributed by atoms with van der Waals surface area (Å²) in [5.41, 5.74) is 0.724. The van der Waals surface area contributed by atoms with Gasteiger partial charge in [0, 0.05) is 11.4 Å². The molecule has 0 spiro atoms. The van der Waals surface area contributed by atoms with Gasteiger partial charge < -0.3 is 4.74 Å². The van der Waals surface area contributed by atoms with Gasteiger partial charge in [-0.1, -0.05) is 24.6 Å². The molecule has 2 nitrogen and oxygen atoms in total. The zero-order valence-corrected chi connectivity index (χ0v) is 11.2. The zero-order chi connectivity index (χ0) is 12.6. The first kappa shape index (κ1) is 12.4. The standard InChI is InChI=1S/C14H17ClO2/c1-4-14(3)12(16)8-13(14)17-11-7-10(15)6-5-9(11)2/h5-7,13H,4,8H2,1-3H3. The molecule has 0 radical (unpaired) electrons. The minimum absolute atomic E-state index is 0.0165. The van der Waals surface area contributed by atoms with E-state index in [4.69, 9.17) is 16.3 Å². The van der Waals surface area contributed by atoms with Crippen LogP contribution in [-0.2, 0) is 4.79 Å². The molecule has 0 saturated heterocycles. The van der Waals surface area contributed by atoms with Crippen molar-refractivity contribution in [3.8, 4) is 5.75 Å². The lowest BCUT2D eigenvalue weighted by atomic mass is 9.64. The van der Waals surface area contributed by atoms with Gasteiger partial charge in [-0.15, -0.1) is 0 Å².